The Labute approximate surface area is 115 Å². The van der Waals surface area contributed by atoms with Gasteiger partial charge in [-0.3, -0.25) is 4.79 Å². The lowest BCUT2D eigenvalue weighted by Gasteiger charge is -2.17. The highest BCUT2D eigenvalue weighted by Gasteiger charge is 2.17. The molecule has 0 unspecified atom stereocenters. The lowest BCUT2D eigenvalue weighted by Crippen LogP contribution is -2.40. The molecule has 7 nitrogen and oxygen atoms in total. The molecule has 0 rings (SSSR count). The molecular formula is C11H24N2O5S. The van der Waals surface area contributed by atoms with Crippen LogP contribution in [0, 0.1) is 0 Å². The number of carbonyl (C=O) groups is 1. The Kier molecular flexibility index (Phi) is 9.76. The van der Waals surface area contributed by atoms with Crippen LogP contribution in [-0.2, 0) is 24.5 Å². The van der Waals surface area contributed by atoms with Crippen LogP contribution in [-0.4, -0.2) is 59.2 Å². The minimum Gasteiger partial charge on any atom is -0.469 e. The van der Waals surface area contributed by atoms with E-state index in [-0.39, 0.29) is 19.5 Å². The highest BCUT2D eigenvalue weighted by atomic mass is 32.2. The van der Waals surface area contributed by atoms with E-state index in [1.54, 1.807) is 0 Å². The summed E-state index contributed by atoms with van der Waals surface area (Å²) in [5, 5.41) is 0. The van der Waals surface area contributed by atoms with E-state index in [0.29, 0.717) is 13.2 Å². The summed E-state index contributed by atoms with van der Waals surface area (Å²) in [5.41, 5.74) is 0. The zero-order valence-corrected chi connectivity index (χ0v) is 12.7. The van der Waals surface area contributed by atoms with Crippen LogP contribution in [0.1, 0.15) is 26.2 Å². The van der Waals surface area contributed by atoms with Crippen LogP contribution in [0.5, 0.6) is 0 Å². The Morgan fingerprint density at radius 1 is 1.32 bits per heavy atom. The van der Waals surface area contributed by atoms with Gasteiger partial charge in [0, 0.05) is 26.7 Å². The highest BCUT2D eigenvalue weighted by Crippen LogP contribution is 1.97. The second-order valence-electron chi connectivity index (χ2n) is 4.01. The third-order valence-corrected chi connectivity index (χ3v) is 4.01. The van der Waals surface area contributed by atoms with Crippen LogP contribution in [0.2, 0.25) is 0 Å². The minimum atomic E-state index is -3.56. The monoisotopic (exact) mass is 296 g/mol. The SMILES string of the molecule is CCCCOCCNS(=O)(=O)N(C)CCC(=O)OC. The summed E-state index contributed by atoms with van der Waals surface area (Å²) >= 11 is 0. The van der Waals surface area contributed by atoms with E-state index in [9.17, 15) is 13.2 Å². The molecule has 114 valence electrons. The molecule has 0 aromatic rings. The molecule has 0 radical (unpaired) electrons. The number of hydrogen-bond acceptors (Lipinski definition) is 5. The van der Waals surface area contributed by atoms with Crippen LogP contribution in [0.25, 0.3) is 0 Å². The van der Waals surface area contributed by atoms with E-state index in [2.05, 4.69) is 16.4 Å². The summed E-state index contributed by atoms with van der Waals surface area (Å²) in [6.07, 6.45) is 2.04. The minimum absolute atomic E-state index is 0.0287. The van der Waals surface area contributed by atoms with Gasteiger partial charge in [0.25, 0.3) is 10.2 Å². The molecule has 0 atom stereocenters. The van der Waals surface area contributed by atoms with Crippen molar-refractivity contribution in [3.8, 4) is 0 Å². The molecule has 0 saturated heterocycles. The summed E-state index contributed by atoms with van der Waals surface area (Å²) in [4.78, 5) is 10.9. The first-order valence-corrected chi connectivity index (χ1v) is 7.73. The molecule has 8 heteroatoms. The summed E-state index contributed by atoms with van der Waals surface area (Å²) in [5.74, 6) is -0.440. The van der Waals surface area contributed by atoms with Crippen LogP contribution in [0.15, 0.2) is 0 Å². The molecule has 0 aliphatic carbocycles. The summed E-state index contributed by atoms with van der Waals surface area (Å²) < 4.78 is 36.6. The maximum absolute atomic E-state index is 11.7. The van der Waals surface area contributed by atoms with Gasteiger partial charge in [0.1, 0.15) is 0 Å². The molecule has 0 fully saturated rings. The zero-order chi connectivity index (χ0) is 14.7. The maximum Gasteiger partial charge on any atom is 0.306 e. The molecule has 0 heterocycles. The van der Waals surface area contributed by atoms with E-state index >= 15 is 0 Å². The van der Waals surface area contributed by atoms with E-state index in [1.165, 1.54) is 14.2 Å². The molecule has 0 aliphatic rings. The van der Waals surface area contributed by atoms with Gasteiger partial charge in [-0.15, -0.1) is 0 Å². The normalized spacial score (nSPS) is 11.8. The smallest absolute Gasteiger partial charge is 0.306 e. The summed E-state index contributed by atoms with van der Waals surface area (Å²) in [6.45, 7) is 3.33. The first-order chi connectivity index (χ1) is 8.94. The molecule has 0 aromatic heterocycles. The molecule has 0 bridgehead atoms. The second kappa shape index (κ2) is 10.1. The van der Waals surface area contributed by atoms with E-state index < -0.39 is 16.2 Å². The van der Waals surface area contributed by atoms with Crippen molar-refractivity contribution >= 4 is 16.2 Å². The van der Waals surface area contributed by atoms with Crippen molar-refractivity contribution in [2.75, 3.05) is 40.5 Å². The van der Waals surface area contributed by atoms with E-state index in [0.717, 1.165) is 17.1 Å². The lowest BCUT2D eigenvalue weighted by molar-refractivity contribution is -0.140. The van der Waals surface area contributed by atoms with Crippen molar-refractivity contribution in [2.45, 2.75) is 26.2 Å². The molecular weight excluding hydrogens is 272 g/mol. The second-order valence-corrected chi connectivity index (χ2v) is 5.88. The largest absolute Gasteiger partial charge is 0.469 e. The number of nitrogens with one attached hydrogen (secondary N) is 1. The predicted octanol–water partition coefficient (Wildman–Crippen LogP) is 0.132. The van der Waals surface area contributed by atoms with Gasteiger partial charge in [0.05, 0.1) is 20.1 Å². The van der Waals surface area contributed by atoms with Gasteiger partial charge in [-0.1, -0.05) is 13.3 Å². The van der Waals surface area contributed by atoms with Crippen LogP contribution < -0.4 is 4.72 Å². The fourth-order valence-corrected chi connectivity index (χ4v) is 2.07. The van der Waals surface area contributed by atoms with Crippen LogP contribution in [0.4, 0.5) is 0 Å². The zero-order valence-electron chi connectivity index (χ0n) is 11.8. The lowest BCUT2D eigenvalue weighted by atomic mass is 10.4. The molecule has 0 saturated carbocycles. The number of esters is 1. The molecule has 0 spiro atoms. The number of nitrogens with zero attached hydrogens (tertiary/aromatic N) is 1. The van der Waals surface area contributed by atoms with Gasteiger partial charge in [-0.25, -0.2) is 0 Å². The van der Waals surface area contributed by atoms with Crippen LogP contribution in [0.3, 0.4) is 0 Å². The standard InChI is InChI=1S/C11H24N2O5S/c1-4-5-9-18-10-7-12-19(15,16)13(2)8-6-11(14)17-3/h12H,4-10H2,1-3H3. The first kappa shape index (κ1) is 18.3. The third kappa shape index (κ3) is 8.93. The Morgan fingerprint density at radius 2 is 2.00 bits per heavy atom. The average Bonchev–Trinajstić information content (AvgIpc) is 2.39. The number of carbonyl (C=O) groups excluding carboxylic acids is 1. The fourth-order valence-electron chi connectivity index (χ4n) is 1.17. The molecule has 1 N–H and O–H groups in total. The number of rotatable bonds is 11. The highest BCUT2D eigenvalue weighted by molar-refractivity contribution is 7.87. The van der Waals surface area contributed by atoms with Gasteiger partial charge in [0.15, 0.2) is 0 Å². The summed E-state index contributed by atoms with van der Waals surface area (Å²) in [7, 11) is -0.889. The van der Waals surface area contributed by atoms with Crippen molar-refractivity contribution in [3.63, 3.8) is 0 Å². The third-order valence-electron chi connectivity index (χ3n) is 2.44. The Bertz CT molecular complexity index is 345. The van der Waals surface area contributed by atoms with Crippen molar-refractivity contribution < 1.29 is 22.7 Å². The summed E-state index contributed by atoms with van der Waals surface area (Å²) in [6, 6.07) is 0. The average molecular weight is 296 g/mol. The number of ether oxygens (including phenoxy) is 2. The molecule has 0 aliphatic heterocycles. The van der Waals surface area contributed by atoms with Gasteiger partial charge < -0.3 is 9.47 Å². The number of unbranched alkanes of at least 4 members (excludes halogenated alkanes) is 1. The van der Waals surface area contributed by atoms with Gasteiger partial charge in [-0.2, -0.15) is 17.4 Å². The molecule has 0 amide bonds. The Morgan fingerprint density at radius 3 is 2.58 bits per heavy atom. The predicted molar refractivity (Wildman–Crippen MR) is 71.9 cm³/mol. The van der Waals surface area contributed by atoms with Crippen LogP contribution >= 0.6 is 0 Å². The van der Waals surface area contributed by atoms with Gasteiger partial charge in [-0.05, 0) is 6.42 Å². The van der Waals surface area contributed by atoms with Crippen molar-refractivity contribution in [1.82, 2.24) is 9.03 Å². The molecule has 19 heavy (non-hydrogen) atoms. The van der Waals surface area contributed by atoms with Gasteiger partial charge >= 0.3 is 5.97 Å². The van der Waals surface area contributed by atoms with Crippen molar-refractivity contribution in [1.29, 1.82) is 0 Å². The number of methoxy groups -OCH3 is 1. The van der Waals surface area contributed by atoms with E-state index in [4.69, 9.17) is 4.74 Å². The van der Waals surface area contributed by atoms with E-state index in [1.807, 2.05) is 0 Å². The Balaban J connectivity index is 3.86. The quantitative estimate of drug-likeness (QED) is 0.433. The van der Waals surface area contributed by atoms with Gasteiger partial charge in [0.2, 0.25) is 0 Å². The first-order valence-electron chi connectivity index (χ1n) is 6.29. The Hall–Kier alpha value is -0.700. The molecule has 0 aromatic carbocycles. The fraction of sp³-hybridized carbons (Fsp3) is 0.909. The van der Waals surface area contributed by atoms with Crippen molar-refractivity contribution in [3.05, 3.63) is 0 Å². The number of hydrogen-bond donors (Lipinski definition) is 1. The topological polar surface area (TPSA) is 84.9 Å². The maximum atomic E-state index is 11.7. The van der Waals surface area contributed by atoms with Crippen molar-refractivity contribution in [2.24, 2.45) is 0 Å².